The summed E-state index contributed by atoms with van der Waals surface area (Å²) in [6, 6.07) is -0.503. The quantitative estimate of drug-likeness (QED) is 0.679. The predicted octanol–water partition coefficient (Wildman–Crippen LogP) is 1.08. The minimum absolute atomic E-state index is 0.0964. The van der Waals surface area contributed by atoms with Crippen LogP contribution in [0, 0.1) is 5.92 Å². The molecule has 1 aromatic rings. The van der Waals surface area contributed by atoms with Gasteiger partial charge in [-0.2, -0.15) is 4.37 Å². The lowest BCUT2D eigenvalue weighted by atomic mass is 10.2. The first kappa shape index (κ1) is 16.2. The standard InChI is InChI=1S/C12H20N4O3S/c1-6(2)5-14-10(17)7(3)15-11-8(12(18)19-4)9(13)16-20-11/h6-7,15H,5H2,1-4H3,(H2,13,16)(H,14,17). The number of carbonyl (C=O) groups excluding carboxylic acids is 2. The van der Waals surface area contributed by atoms with Crippen molar-refractivity contribution in [3.63, 3.8) is 0 Å². The maximum atomic E-state index is 11.9. The van der Waals surface area contributed by atoms with Crippen molar-refractivity contribution >= 4 is 34.2 Å². The number of rotatable bonds is 6. The number of aromatic nitrogens is 1. The highest BCUT2D eigenvalue weighted by Crippen LogP contribution is 2.27. The Hall–Kier alpha value is -1.83. The smallest absolute Gasteiger partial charge is 0.344 e. The molecule has 1 atom stereocenters. The van der Waals surface area contributed by atoms with Crippen molar-refractivity contribution in [3.05, 3.63) is 5.56 Å². The Morgan fingerprint density at radius 3 is 2.60 bits per heavy atom. The minimum atomic E-state index is -0.575. The van der Waals surface area contributed by atoms with Gasteiger partial charge in [0.1, 0.15) is 16.6 Å². The lowest BCUT2D eigenvalue weighted by Gasteiger charge is -2.15. The summed E-state index contributed by atoms with van der Waals surface area (Å²) in [6.45, 7) is 6.32. The monoisotopic (exact) mass is 300 g/mol. The lowest BCUT2D eigenvalue weighted by Crippen LogP contribution is -2.39. The maximum Gasteiger partial charge on any atom is 0.344 e. The molecule has 0 aliphatic heterocycles. The summed E-state index contributed by atoms with van der Waals surface area (Å²) in [5.74, 6) is -0.259. The number of hydrogen-bond acceptors (Lipinski definition) is 7. The average molecular weight is 300 g/mol. The zero-order chi connectivity index (χ0) is 15.3. The van der Waals surface area contributed by atoms with Gasteiger partial charge in [0.15, 0.2) is 5.82 Å². The average Bonchev–Trinajstić information content (AvgIpc) is 2.76. The van der Waals surface area contributed by atoms with Crippen molar-refractivity contribution in [3.8, 4) is 0 Å². The Labute approximate surface area is 122 Å². The minimum Gasteiger partial charge on any atom is -0.465 e. The molecule has 0 spiro atoms. The largest absolute Gasteiger partial charge is 0.465 e. The molecule has 4 N–H and O–H groups in total. The van der Waals surface area contributed by atoms with E-state index in [0.29, 0.717) is 17.5 Å². The van der Waals surface area contributed by atoms with Gasteiger partial charge < -0.3 is 21.1 Å². The molecular weight excluding hydrogens is 280 g/mol. The van der Waals surface area contributed by atoms with Crippen molar-refractivity contribution in [2.75, 3.05) is 24.7 Å². The van der Waals surface area contributed by atoms with Gasteiger partial charge in [-0.25, -0.2) is 4.79 Å². The Kier molecular flexibility index (Phi) is 5.75. The van der Waals surface area contributed by atoms with E-state index < -0.39 is 12.0 Å². The molecule has 112 valence electrons. The fourth-order valence-corrected chi connectivity index (χ4v) is 2.21. The molecule has 1 rings (SSSR count). The van der Waals surface area contributed by atoms with Gasteiger partial charge in [-0.15, -0.1) is 0 Å². The third kappa shape index (κ3) is 4.09. The third-order valence-corrected chi connectivity index (χ3v) is 3.33. The summed E-state index contributed by atoms with van der Waals surface area (Å²) in [4.78, 5) is 23.5. The van der Waals surface area contributed by atoms with Crippen LogP contribution in [-0.2, 0) is 9.53 Å². The lowest BCUT2D eigenvalue weighted by molar-refractivity contribution is -0.121. The summed E-state index contributed by atoms with van der Waals surface area (Å²) in [5, 5.41) is 6.17. The molecule has 0 bridgehead atoms. The fourth-order valence-electron chi connectivity index (χ4n) is 1.42. The molecule has 1 unspecified atom stereocenters. The van der Waals surface area contributed by atoms with E-state index >= 15 is 0 Å². The molecule has 1 aromatic heterocycles. The van der Waals surface area contributed by atoms with Crippen molar-refractivity contribution in [1.82, 2.24) is 9.69 Å². The molecule has 0 aliphatic rings. The second kappa shape index (κ2) is 7.09. The molecule has 0 radical (unpaired) electrons. The molecule has 0 aromatic carbocycles. The maximum absolute atomic E-state index is 11.9. The van der Waals surface area contributed by atoms with Crippen LogP contribution in [0.5, 0.6) is 0 Å². The van der Waals surface area contributed by atoms with E-state index in [1.165, 1.54) is 7.11 Å². The molecule has 0 saturated carbocycles. The molecular formula is C12H20N4O3S. The van der Waals surface area contributed by atoms with Gasteiger partial charge in [0.25, 0.3) is 0 Å². The van der Waals surface area contributed by atoms with Gasteiger partial charge in [-0.3, -0.25) is 4.79 Å². The number of amides is 1. The highest BCUT2D eigenvalue weighted by Gasteiger charge is 2.23. The first-order valence-electron chi connectivity index (χ1n) is 6.24. The van der Waals surface area contributed by atoms with Crippen LogP contribution in [0.1, 0.15) is 31.1 Å². The van der Waals surface area contributed by atoms with E-state index in [4.69, 9.17) is 5.73 Å². The molecule has 1 heterocycles. The van der Waals surface area contributed by atoms with Crippen LogP contribution >= 0.6 is 11.5 Å². The summed E-state index contributed by atoms with van der Waals surface area (Å²) in [6.07, 6.45) is 0. The molecule has 0 fully saturated rings. The zero-order valence-electron chi connectivity index (χ0n) is 12.0. The molecule has 0 saturated heterocycles. The SMILES string of the molecule is COC(=O)c1c(N)nsc1NC(C)C(=O)NCC(C)C. The van der Waals surface area contributed by atoms with E-state index in [1.807, 2.05) is 13.8 Å². The first-order chi connectivity index (χ1) is 9.36. The van der Waals surface area contributed by atoms with Gasteiger partial charge in [0, 0.05) is 6.54 Å². The van der Waals surface area contributed by atoms with Gasteiger partial charge in [0.2, 0.25) is 5.91 Å². The fraction of sp³-hybridized carbons (Fsp3) is 0.583. The number of esters is 1. The van der Waals surface area contributed by atoms with Crippen molar-refractivity contribution in [1.29, 1.82) is 0 Å². The third-order valence-electron chi connectivity index (χ3n) is 2.53. The molecule has 0 aliphatic carbocycles. The zero-order valence-corrected chi connectivity index (χ0v) is 12.8. The second-order valence-electron chi connectivity index (χ2n) is 4.77. The number of nitrogens with one attached hydrogen (secondary N) is 2. The number of nitrogens with two attached hydrogens (primary N) is 1. The number of anilines is 2. The molecule has 1 amide bonds. The highest BCUT2D eigenvalue weighted by molar-refractivity contribution is 7.11. The number of methoxy groups -OCH3 is 1. The molecule has 8 heteroatoms. The van der Waals surface area contributed by atoms with Crippen LogP contribution in [0.3, 0.4) is 0 Å². The van der Waals surface area contributed by atoms with Crippen LogP contribution < -0.4 is 16.4 Å². The van der Waals surface area contributed by atoms with E-state index in [2.05, 4.69) is 19.7 Å². The Morgan fingerprint density at radius 2 is 2.05 bits per heavy atom. The van der Waals surface area contributed by atoms with Gasteiger partial charge in [0.05, 0.1) is 7.11 Å². The summed E-state index contributed by atoms with van der Waals surface area (Å²) in [5.41, 5.74) is 5.79. The predicted molar refractivity (Wildman–Crippen MR) is 78.8 cm³/mol. The number of nitrogens with zero attached hydrogens (tertiary/aromatic N) is 1. The van der Waals surface area contributed by atoms with Crippen LogP contribution in [0.2, 0.25) is 0 Å². The van der Waals surface area contributed by atoms with Gasteiger partial charge >= 0.3 is 5.97 Å². The molecule has 7 nitrogen and oxygen atoms in total. The van der Waals surface area contributed by atoms with Crippen molar-refractivity contribution in [2.45, 2.75) is 26.8 Å². The number of nitrogen functional groups attached to an aromatic ring is 1. The van der Waals surface area contributed by atoms with Crippen molar-refractivity contribution in [2.24, 2.45) is 5.92 Å². The topological polar surface area (TPSA) is 106 Å². The van der Waals surface area contributed by atoms with Crippen LogP contribution in [0.25, 0.3) is 0 Å². The second-order valence-corrected chi connectivity index (χ2v) is 5.54. The van der Waals surface area contributed by atoms with E-state index in [1.54, 1.807) is 6.92 Å². The summed E-state index contributed by atoms with van der Waals surface area (Å²) < 4.78 is 8.54. The number of carbonyl (C=O) groups is 2. The van der Waals surface area contributed by atoms with Gasteiger partial charge in [-0.1, -0.05) is 13.8 Å². The van der Waals surface area contributed by atoms with E-state index in [0.717, 1.165) is 11.5 Å². The first-order valence-corrected chi connectivity index (χ1v) is 7.01. The van der Waals surface area contributed by atoms with E-state index in [-0.39, 0.29) is 17.3 Å². The van der Waals surface area contributed by atoms with Crippen LogP contribution in [0.4, 0.5) is 10.8 Å². The Morgan fingerprint density at radius 1 is 1.40 bits per heavy atom. The number of hydrogen-bond donors (Lipinski definition) is 3. The normalized spacial score (nSPS) is 12.1. The molecule has 20 heavy (non-hydrogen) atoms. The highest BCUT2D eigenvalue weighted by atomic mass is 32.1. The van der Waals surface area contributed by atoms with E-state index in [9.17, 15) is 9.59 Å². The van der Waals surface area contributed by atoms with Crippen LogP contribution in [-0.4, -0.2) is 35.9 Å². The van der Waals surface area contributed by atoms with Crippen LogP contribution in [0.15, 0.2) is 0 Å². The van der Waals surface area contributed by atoms with Crippen molar-refractivity contribution < 1.29 is 14.3 Å². The number of ether oxygens (including phenoxy) is 1. The Balaban J connectivity index is 2.73. The van der Waals surface area contributed by atoms with Gasteiger partial charge in [-0.05, 0) is 24.4 Å². The Bertz CT molecular complexity index is 487. The summed E-state index contributed by atoms with van der Waals surface area (Å²) >= 11 is 1.02. The summed E-state index contributed by atoms with van der Waals surface area (Å²) in [7, 11) is 1.27.